The molecule has 0 amide bonds. The molecule has 0 radical (unpaired) electrons. The van der Waals surface area contributed by atoms with Crippen LogP contribution in [0.1, 0.15) is 10.5 Å². The molecule has 1 rings (SSSR count). The molecule has 0 atom stereocenters. The summed E-state index contributed by atoms with van der Waals surface area (Å²) in [6, 6.07) is 1.30. The molecule has 0 aliphatic rings. The minimum absolute atomic E-state index is 0.162. The third kappa shape index (κ3) is 0.775. The molecule has 0 aliphatic heterocycles. The average Bonchev–Trinajstić information content (AvgIpc) is 2.17. The van der Waals surface area contributed by atoms with Crippen LogP contribution in [0.5, 0.6) is 0 Å². The Hall–Kier alpha value is -1.32. The second-order valence-corrected chi connectivity index (χ2v) is 2.07. The minimum Gasteiger partial charge on any atom is -0.296 e. The monoisotopic (exact) mass is 140 g/mol. The number of hydrogen-bond donors (Lipinski definition) is 0. The van der Waals surface area contributed by atoms with Crippen molar-refractivity contribution < 1.29 is 4.79 Å². The lowest BCUT2D eigenvalue weighted by atomic mass is 10.5. The van der Waals surface area contributed by atoms with E-state index in [2.05, 4.69) is 0 Å². The topological polar surface area (TPSA) is 44.0 Å². The molecule has 0 saturated heterocycles. The van der Waals surface area contributed by atoms with Crippen molar-refractivity contribution >= 4 is 6.29 Å². The lowest BCUT2D eigenvalue weighted by Gasteiger charge is -1.98. The molecule has 0 unspecified atom stereocenters. The molecular weight excluding hydrogens is 132 g/mol. The van der Waals surface area contributed by atoms with E-state index < -0.39 is 0 Å². The highest BCUT2D eigenvalue weighted by molar-refractivity contribution is 5.71. The van der Waals surface area contributed by atoms with Crippen LogP contribution in [0.3, 0.4) is 0 Å². The summed E-state index contributed by atoms with van der Waals surface area (Å²) in [7, 11) is 3.26. The highest BCUT2D eigenvalue weighted by Gasteiger charge is 2.01. The van der Waals surface area contributed by atoms with Gasteiger partial charge >= 0.3 is 0 Å². The van der Waals surface area contributed by atoms with Crippen molar-refractivity contribution in [3.05, 3.63) is 22.1 Å². The zero-order chi connectivity index (χ0) is 7.72. The Morgan fingerprint density at radius 2 is 2.00 bits per heavy atom. The number of hydrogen-bond acceptors (Lipinski definition) is 2. The zero-order valence-corrected chi connectivity index (χ0v) is 5.87. The Morgan fingerprint density at radius 1 is 1.40 bits per heavy atom. The maximum atomic E-state index is 10.8. The number of carbonyl (C=O) groups excluding carboxylic acids is 1. The quantitative estimate of drug-likeness (QED) is 0.495. The van der Waals surface area contributed by atoms with Crippen LogP contribution in [-0.2, 0) is 14.1 Å². The summed E-state index contributed by atoms with van der Waals surface area (Å²) in [6.07, 6.45) is 0.654. The van der Waals surface area contributed by atoms with E-state index in [1.807, 2.05) is 0 Å². The van der Waals surface area contributed by atoms with Crippen molar-refractivity contribution in [3.63, 3.8) is 0 Å². The van der Waals surface area contributed by atoms with Crippen molar-refractivity contribution in [2.75, 3.05) is 0 Å². The van der Waals surface area contributed by atoms with Gasteiger partial charge in [-0.1, -0.05) is 0 Å². The molecule has 4 heteroatoms. The minimum atomic E-state index is -0.162. The van der Waals surface area contributed by atoms with E-state index in [0.29, 0.717) is 12.0 Å². The second-order valence-electron chi connectivity index (χ2n) is 2.07. The van der Waals surface area contributed by atoms with Gasteiger partial charge in [-0.3, -0.25) is 19.0 Å². The molecule has 4 nitrogen and oxygen atoms in total. The van der Waals surface area contributed by atoms with E-state index in [0.717, 1.165) is 0 Å². The largest absolute Gasteiger partial charge is 0.296 e. The number of rotatable bonds is 1. The van der Waals surface area contributed by atoms with Gasteiger partial charge in [0.05, 0.1) is 0 Å². The summed E-state index contributed by atoms with van der Waals surface area (Å²) in [5, 5.41) is 0. The van der Waals surface area contributed by atoms with Crippen molar-refractivity contribution in [2.24, 2.45) is 14.1 Å². The Morgan fingerprint density at radius 3 is 2.20 bits per heavy atom. The molecule has 54 valence electrons. The van der Waals surface area contributed by atoms with Gasteiger partial charge in [-0.2, -0.15) is 0 Å². The van der Waals surface area contributed by atoms with Crippen molar-refractivity contribution in [1.82, 2.24) is 9.36 Å². The van der Waals surface area contributed by atoms with Gasteiger partial charge in [0.15, 0.2) is 6.29 Å². The van der Waals surface area contributed by atoms with Gasteiger partial charge in [-0.05, 0) is 0 Å². The smallest absolute Gasteiger partial charge is 0.267 e. The molecule has 0 bridgehead atoms. The fourth-order valence-electron chi connectivity index (χ4n) is 0.745. The SMILES string of the molecule is Cn1c(C=O)cc(=O)n1C. The number of aldehydes is 1. The molecule has 10 heavy (non-hydrogen) atoms. The van der Waals surface area contributed by atoms with E-state index in [1.165, 1.54) is 15.4 Å². The zero-order valence-electron chi connectivity index (χ0n) is 5.87. The highest BCUT2D eigenvalue weighted by atomic mass is 16.1. The van der Waals surface area contributed by atoms with Crippen molar-refractivity contribution in [2.45, 2.75) is 0 Å². The number of nitrogens with zero attached hydrogens (tertiary/aromatic N) is 2. The van der Waals surface area contributed by atoms with Crippen LogP contribution in [0.2, 0.25) is 0 Å². The third-order valence-electron chi connectivity index (χ3n) is 1.53. The van der Waals surface area contributed by atoms with Crippen LogP contribution in [0, 0.1) is 0 Å². The van der Waals surface area contributed by atoms with Gasteiger partial charge in [0.2, 0.25) is 0 Å². The first-order valence-electron chi connectivity index (χ1n) is 2.85. The van der Waals surface area contributed by atoms with Gasteiger partial charge in [0.1, 0.15) is 5.69 Å². The van der Waals surface area contributed by atoms with E-state index in [1.54, 1.807) is 14.1 Å². The van der Waals surface area contributed by atoms with Crippen molar-refractivity contribution in [1.29, 1.82) is 0 Å². The highest BCUT2D eigenvalue weighted by Crippen LogP contribution is 1.87. The van der Waals surface area contributed by atoms with Crippen LogP contribution < -0.4 is 5.56 Å². The third-order valence-corrected chi connectivity index (χ3v) is 1.53. The molecule has 0 spiro atoms. The summed E-state index contributed by atoms with van der Waals surface area (Å²) >= 11 is 0. The summed E-state index contributed by atoms with van der Waals surface area (Å²) < 4.78 is 2.86. The summed E-state index contributed by atoms with van der Waals surface area (Å²) in [6.45, 7) is 0. The predicted molar refractivity (Wildman–Crippen MR) is 36.0 cm³/mol. The van der Waals surface area contributed by atoms with Gasteiger partial charge in [0.25, 0.3) is 5.56 Å². The first kappa shape index (κ1) is 6.80. The first-order valence-corrected chi connectivity index (χ1v) is 2.85. The number of aromatic nitrogens is 2. The van der Waals surface area contributed by atoms with E-state index in [9.17, 15) is 9.59 Å². The molecule has 0 fully saturated rings. The lowest BCUT2D eigenvalue weighted by Crippen LogP contribution is -2.16. The maximum absolute atomic E-state index is 10.8. The van der Waals surface area contributed by atoms with Crippen LogP contribution in [-0.4, -0.2) is 15.6 Å². The van der Waals surface area contributed by atoms with E-state index in [4.69, 9.17) is 0 Å². The maximum Gasteiger partial charge on any atom is 0.267 e. The van der Waals surface area contributed by atoms with Gasteiger partial charge in [0, 0.05) is 20.2 Å². The van der Waals surface area contributed by atoms with Gasteiger partial charge < -0.3 is 0 Å². The molecule has 0 aromatic carbocycles. The standard InChI is InChI=1S/C6H8N2O2/c1-7-5(4-9)3-6(10)8(7)2/h3-4H,1-2H3. The molecule has 0 saturated carbocycles. The fourth-order valence-corrected chi connectivity index (χ4v) is 0.745. The van der Waals surface area contributed by atoms with Gasteiger partial charge in [-0.15, -0.1) is 0 Å². The molecule has 0 aliphatic carbocycles. The predicted octanol–water partition coefficient (Wildman–Crippen LogP) is -0.464. The Bertz CT molecular complexity index is 308. The fraction of sp³-hybridized carbons (Fsp3) is 0.333. The van der Waals surface area contributed by atoms with Crippen LogP contribution in [0.25, 0.3) is 0 Å². The van der Waals surface area contributed by atoms with E-state index >= 15 is 0 Å². The molecule has 0 N–H and O–H groups in total. The second kappa shape index (κ2) is 2.13. The lowest BCUT2D eigenvalue weighted by molar-refractivity contribution is 0.111. The number of carbonyl (C=O) groups is 1. The normalized spacial score (nSPS) is 9.80. The average molecular weight is 140 g/mol. The van der Waals surface area contributed by atoms with Gasteiger partial charge in [-0.25, -0.2) is 0 Å². The molecule has 1 aromatic heterocycles. The van der Waals surface area contributed by atoms with E-state index in [-0.39, 0.29) is 5.56 Å². The molecular formula is C6H8N2O2. The van der Waals surface area contributed by atoms with Crippen LogP contribution in [0.15, 0.2) is 10.9 Å². The Kier molecular flexibility index (Phi) is 1.45. The van der Waals surface area contributed by atoms with Crippen molar-refractivity contribution in [3.8, 4) is 0 Å². The Labute approximate surface area is 57.7 Å². The van der Waals surface area contributed by atoms with Crippen LogP contribution in [0.4, 0.5) is 0 Å². The summed E-state index contributed by atoms with van der Waals surface area (Å²) in [5.41, 5.74) is 0.233. The molecule has 1 heterocycles. The molecule has 1 aromatic rings. The summed E-state index contributed by atoms with van der Waals surface area (Å²) in [4.78, 5) is 21.0. The van der Waals surface area contributed by atoms with Crippen LogP contribution >= 0.6 is 0 Å². The first-order chi connectivity index (χ1) is 4.66. The Balaban J connectivity index is 3.45. The summed E-state index contributed by atoms with van der Waals surface area (Å²) in [5.74, 6) is 0.